The van der Waals surface area contributed by atoms with Crippen molar-refractivity contribution in [1.29, 1.82) is 0 Å². The van der Waals surface area contributed by atoms with Crippen LogP contribution >= 0.6 is 24.0 Å². The number of benzene rings is 1. The molecule has 1 fully saturated rings. The maximum atomic E-state index is 4.36. The monoisotopic (exact) mass is 483 g/mol. The van der Waals surface area contributed by atoms with Crippen molar-refractivity contribution in [3.63, 3.8) is 0 Å². The van der Waals surface area contributed by atoms with Gasteiger partial charge >= 0.3 is 0 Å². The Hall–Kier alpha value is -1.84. The van der Waals surface area contributed by atoms with Crippen LogP contribution in [0.5, 0.6) is 0 Å². The molecule has 0 bridgehead atoms. The lowest BCUT2D eigenvalue weighted by Gasteiger charge is -2.34. The number of nitrogens with zero attached hydrogens (tertiary/aromatic N) is 5. The second-order valence-corrected chi connectivity index (χ2v) is 6.53. The summed E-state index contributed by atoms with van der Waals surface area (Å²) in [5, 5.41) is 15.0. The van der Waals surface area contributed by atoms with E-state index in [0.717, 1.165) is 57.2 Å². The van der Waals surface area contributed by atoms with Gasteiger partial charge in [-0.3, -0.25) is 4.99 Å². The van der Waals surface area contributed by atoms with E-state index in [-0.39, 0.29) is 24.0 Å². The Labute approximate surface area is 178 Å². The van der Waals surface area contributed by atoms with Gasteiger partial charge in [-0.1, -0.05) is 25.1 Å². The number of para-hydroxylation sites is 1. The highest BCUT2D eigenvalue weighted by Crippen LogP contribution is 2.19. The van der Waals surface area contributed by atoms with E-state index in [0.29, 0.717) is 6.04 Å². The summed E-state index contributed by atoms with van der Waals surface area (Å²) in [5.41, 5.74) is 1.31. The van der Waals surface area contributed by atoms with Crippen molar-refractivity contribution in [2.75, 3.05) is 31.6 Å². The summed E-state index contributed by atoms with van der Waals surface area (Å²) in [6.45, 7) is 5.87. The predicted octanol–water partition coefficient (Wildman–Crippen LogP) is 2.29. The number of aliphatic imine (C=N–C) groups is 1. The smallest absolute Gasteiger partial charge is 0.191 e. The second-order valence-electron chi connectivity index (χ2n) is 6.53. The van der Waals surface area contributed by atoms with Crippen LogP contribution in [0.25, 0.3) is 0 Å². The molecule has 148 valence electrons. The number of halogens is 1. The Balaban J connectivity index is 0.00000261. The third-order valence-corrected chi connectivity index (χ3v) is 4.84. The van der Waals surface area contributed by atoms with E-state index < -0.39 is 0 Å². The standard InChI is InChI=1S/C19H29N7.HI/c1-3-18-24-22-15-26(18)14-11-21-19(20-2)23-16-9-12-25(13-10-16)17-7-5-4-6-8-17;/h4-8,15-16H,3,9-14H2,1-2H3,(H2,20,21,23);1H. The topological polar surface area (TPSA) is 70.4 Å². The maximum absolute atomic E-state index is 4.36. The largest absolute Gasteiger partial charge is 0.371 e. The molecule has 3 rings (SSSR count). The van der Waals surface area contributed by atoms with Gasteiger partial charge in [-0.2, -0.15) is 0 Å². The van der Waals surface area contributed by atoms with Crippen molar-refractivity contribution in [2.45, 2.75) is 38.8 Å². The van der Waals surface area contributed by atoms with Crippen molar-refractivity contribution < 1.29 is 0 Å². The molecule has 1 aromatic heterocycles. The number of aromatic nitrogens is 3. The molecule has 1 aromatic carbocycles. The predicted molar refractivity (Wildman–Crippen MR) is 121 cm³/mol. The minimum absolute atomic E-state index is 0. The van der Waals surface area contributed by atoms with Crippen LogP contribution < -0.4 is 15.5 Å². The fraction of sp³-hybridized carbons (Fsp3) is 0.526. The van der Waals surface area contributed by atoms with Crippen molar-refractivity contribution in [3.05, 3.63) is 42.5 Å². The van der Waals surface area contributed by atoms with Crippen LogP contribution in [0.2, 0.25) is 0 Å². The van der Waals surface area contributed by atoms with Crippen molar-refractivity contribution in [3.8, 4) is 0 Å². The molecule has 8 heteroatoms. The zero-order valence-corrected chi connectivity index (χ0v) is 18.5. The number of rotatable bonds is 6. The fourth-order valence-corrected chi connectivity index (χ4v) is 3.34. The minimum Gasteiger partial charge on any atom is -0.371 e. The average Bonchev–Trinajstić information content (AvgIpc) is 3.16. The molecule has 0 amide bonds. The van der Waals surface area contributed by atoms with Crippen molar-refractivity contribution in [2.24, 2.45) is 4.99 Å². The quantitative estimate of drug-likeness (QED) is 0.375. The zero-order chi connectivity index (χ0) is 18.2. The molecule has 7 nitrogen and oxygen atoms in total. The molecule has 2 aromatic rings. The number of nitrogens with one attached hydrogen (secondary N) is 2. The van der Waals surface area contributed by atoms with Gasteiger partial charge in [-0.25, -0.2) is 0 Å². The van der Waals surface area contributed by atoms with Crippen LogP contribution in [-0.2, 0) is 13.0 Å². The van der Waals surface area contributed by atoms with Crippen LogP contribution in [0, 0.1) is 0 Å². The van der Waals surface area contributed by atoms with Gasteiger partial charge in [0, 0.05) is 51.4 Å². The lowest BCUT2D eigenvalue weighted by atomic mass is 10.0. The van der Waals surface area contributed by atoms with E-state index in [1.807, 2.05) is 7.05 Å². The summed E-state index contributed by atoms with van der Waals surface area (Å²) in [6.07, 6.45) is 4.91. The minimum atomic E-state index is 0. The van der Waals surface area contributed by atoms with Crippen molar-refractivity contribution >= 4 is 35.6 Å². The average molecular weight is 483 g/mol. The van der Waals surface area contributed by atoms with Crippen LogP contribution in [0.4, 0.5) is 5.69 Å². The van der Waals surface area contributed by atoms with Crippen LogP contribution in [0.1, 0.15) is 25.6 Å². The SMILES string of the molecule is CCc1nncn1CCNC(=NC)NC1CCN(c2ccccc2)CC1.I. The van der Waals surface area contributed by atoms with Gasteiger partial charge in [-0.05, 0) is 25.0 Å². The molecule has 2 heterocycles. The lowest BCUT2D eigenvalue weighted by Crippen LogP contribution is -2.49. The summed E-state index contributed by atoms with van der Waals surface area (Å²) in [6, 6.07) is 11.1. The molecule has 27 heavy (non-hydrogen) atoms. The molecular formula is C19H30IN7. The van der Waals surface area contributed by atoms with E-state index in [1.54, 1.807) is 6.33 Å². The van der Waals surface area contributed by atoms with E-state index in [9.17, 15) is 0 Å². The Morgan fingerprint density at radius 2 is 1.96 bits per heavy atom. The highest BCUT2D eigenvalue weighted by atomic mass is 127. The van der Waals surface area contributed by atoms with Gasteiger partial charge in [0.05, 0.1) is 0 Å². The van der Waals surface area contributed by atoms with Gasteiger partial charge in [-0.15, -0.1) is 34.2 Å². The zero-order valence-electron chi connectivity index (χ0n) is 16.1. The molecule has 0 aliphatic carbocycles. The molecule has 0 atom stereocenters. The summed E-state index contributed by atoms with van der Waals surface area (Å²) >= 11 is 0. The van der Waals surface area contributed by atoms with Crippen LogP contribution in [-0.4, -0.2) is 53.4 Å². The molecule has 0 unspecified atom stereocenters. The third kappa shape index (κ3) is 6.08. The first-order valence-corrected chi connectivity index (χ1v) is 9.44. The summed E-state index contributed by atoms with van der Waals surface area (Å²) in [5.74, 6) is 1.89. The van der Waals surface area contributed by atoms with Gasteiger partial charge in [0.1, 0.15) is 12.2 Å². The maximum Gasteiger partial charge on any atom is 0.191 e. The highest BCUT2D eigenvalue weighted by Gasteiger charge is 2.20. The Kier molecular flexibility index (Phi) is 8.83. The third-order valence-electron chi connectivity index (χ3n) is 4.84. The van der Waals surface area contributed by atoms with Gasteiger partial charge in [0.25, 0.3) is 0 Å². The molecule has 1 aliphatic rings. The van der Waals surface area contributed by atoms with Crippen LogP contribution in [0.15, 0.2) is 41.7 Å². The van der Waals surface area contributed by atoms with Crippen molar-refractivity contribution in [1.82, 2.24) is 25.4 Å². The van der Waals surface area contributed by atoms with E-state index in [1.165, 1.54) is 5.69 Å². The molecule has 1 aliphatic heterocycles. The molecular weight excluding hydrogens is 453 g/mol. The molecule has 0 saturated carbocycles. The first kappa shape index (κ1) is 21.5. The van der Waals surface area contributed by atoms with E-state index in [2.05, 4.69) is 72.5 Å². The molecule has 2 N–H and O–H groups in total. The van der Waals surface area contributed by atoms with Gasteiger partial charge in [0.2, 0.25) is 0 Å². The highest BCUT2D eigenvalue weighted by molar-refractivity contribution is 14.0. The molecule has 1 saturated heterocycles. The summed E-state index contributed by atoms with van der Waals surface area (Å²) in [7, 11) is 1.82. The molecule has 0 spiro atoms. The van der Waals surface area contributed by atoms with Gasteiger partial charge < -0.3 is 20.1 Å². The Morgan fingerprint density at radius 3 is 2.63 bits per heavy atom. The number of hydrogen-bond acceptors (Lipinski definition) is 4. The first-order valence-electron chi connectivity index (χ1n) is 9.44. The Bertz CT molecular complexity index is 693. The summed E-state index contributed by atoms with van der Waals surface area (Å²) < 4.78 is 2.08. The number of piperidine rings is 1. The number of anilines is 1. The first-order chi connectivity index (χ1) is 12.8. The second kappa shape index (κ2) is 11.1. The Morgan fingerprint density at radius 1 is 1.22 bits per heavy atom. The number of guanidine groups is 1. The fourth-order valence-electron chi connectivity index (χ4n) is 3.34. The lowest BCUT2D eigenvalue weighted by molar-refractivity contribution is 0.460. The van der Waals surface area contributed by atoms with Gasteiger partial charge in [0.15, 0.2) is 5.96 Å². The van der Waals surface area contributed by atoms with E-state index >= 15 is 0 Å². The summed E-state index contributed by atoms with van der Waals surface area (Å²) in [4.78, 5) is 6.81. The van der Waals surface area contributed by atoms with E-state index in [4.69, 9.17) is 0 Å². The normalized spacial score (nSPS) is 15.3. The molecule has 0 radical (unpaired) electrons. The number of hydrogen-bond donors (Lipinski definition) is 2. The van der Waals surface area contributed by atoms with Crippen LogP contribution in [0.3, 0.4) is 0 Å². The number of aryl methyl sites for hydroxylation is 1.